The zero-order valence-electron chi connectivity index (χ0n) is 64.9. The number of aliphatic hydroxyl groups is 1. The normalized spacial score (nSPS) is 14.6. The summed E-state index contributed by atoms with van der Waals surface area (Å²) in [5.41, 5.74) is 0. The maximum atomic E-state index is 13.1. The summed E-state index contributed by atoms with van der Waals surface area (Å²) < 4.78 is 68.6. The Morgan fingerprint density at radius 1 is 0.279 bits per heavy atom. The largest absolute Gasteiger partial charge is 0.472 e. The first-order valence-corrected chi connectivity index (χ1v) is 43.1. The van der Waals surface area contributed by atoms with Gasteiger partial charge >= 0.3 is 39.5 Å². The number of unbranched alkanes of at least 4 members (excludes halogenated alkanes) is 24. The minimum Gasteiger partial charge on any atom is -0.462 e. The van der Waals surface area contributed by atoms with Crippen LogP contribution in [-0.4, -0.2) is 96.7 Å². The summed E-state index contributed by atoms with van der Waals surface area (Å²) in [5.74, 6) is -2.29. The Balaban J connectivity index is 5.45. The Morgan fingerprint density at radius 2 is 0.510 bits per heavy atom. The number of carbonyl (C=O) groups is 4. The summed E-state index contributed by atoms with van der Waals surface area (Å²) in [6.07, 6.45) is 86.9. The third-order valence-corrected chi connectivity index (χ3v) is 18.2. The van der Waals surface area contributed by atoms with Crippen molar-refractivity contribution in [2.45, 2.75) is 329 Å². The van der Waals surface area contributed by atoms with Crippen molar-refractivity contribution in [1.29, 1.82) is 0 Å². The molecule has 0 aliphatic rings. The van der Waals surface area contributed by atoms with Crippen LogP contribution in [0.15, 0.2) is 146 Å². The molecule has 17 nitrogen and oxygen atoms in total. The lowest BCUT2D eigenvalue weighted by Crippen LogP contribution is -2.30. The van der Waals surface area contributed by atoms with Gasteiger partial charge < -0.3 is 33.8 Å². The van der Waals surface area contributed by atoms with Crippen molar-refractivity contribution in [3.8, 4) is 0 Å². The Morgan fingerprint density at radius 3 is 0.808 bits per heavy atom. The first-order chi connectivity index (χ1) is 50.7. The van der Waals surface area contributed by atoms with Gasteiger partial charge in [0.25, 0.3) is 0 Å². The van der Waals surface area contributed by atoms with Crippen LogP contribution < -0.4 is 0 Å². The number of esters is 4. The molecule has 0 aliphatic carbocycles. The van der Waals surface area contributed by atoms with E-state index in [1.807, 2.05) is 12.2 Å². The van der Waals surface area contributed by atoms with E-state index in [1.54, 1.807) is 0 Å². The lowest BCUT2D eigenvalue weighted by Gasteiger charge is -2.21. The van der Waals surface area contributed by atoms with Crippen LogP contribution in [0.3, 0.4) is 0 Å². The Bertz CT molecular complexity index is 2540. The van der Waals surface area contributed by atoms with E-state index in [0.29, 0.717) is 32.1 Å². The van der Waals surface area contributed by atoms with E-state index in [2.05, 4.69) is 161 Å². The van der Waals surface area contributed by atoms with Gasteiger partial charge in [-0.15, -0.1) is 0 Å². The van der Waals surface area contributed by atoms with Crippen LogP contribution in [0.2, 0.25) is 0 Å². The first-order valence-electron chi connectivity index (χ1n) is 40.1. The molecule has 0 aliphatic heterocycles. The molecule has 0 heterocycles. The highest BCUT2D eigenvalue weighted by atomic mass is 31.2. The second-order valence-electron chi connectivity index (χ2n) is 26.2. The number of hydrogen-bond donors (Lipinski definition) is 3. The number of ether oxygens (including phenoxy) is 4. The third-order valence-electron chi connectivity index (χ3n) is 16.3. The maximum Gasteiger partial charge on any atom is 0.472 e. The van der Waals surface area contributed by atoms with Gasteiger partial charge in [-0.05, 0) is 135 Å². The van der Waals surface area contributed by atoms with E-state index < -0.39 is 97.5 Å². The summed E-state index contributed by atoms with van der Waals surface area (Å²) in [6, 6.07) is 0. The van der Waals surface area contributed by atoms with E-state index in [0.717, 1.165) is 161 Å². The van der Waals surface area contributed by atoms with Crippen molar-refractivity contribution in [3.63, 3.8) is 0 Å². The molecule has 19 heteroatoms. The molecular weight excluding hydrogens is 1350 g/mol. The van der Waals surface area contributed by atoms with Gasteiger partial charge in [0.05, 0.1) is 26.4 Å². The lowest BCUT2D eigenvalue weighted by molar-refractivity contribution is -0.161. The van der Waals surface area contributed by atoms with Gasteiger partial charge in [-0.3, -0.25) is 37.3 Å². The average Bonchev–Trinajstić information content (AvgIpc) is 0.937. The van der Waals surface area contributed by atoms with Crippen LogP contribution in [0.25, 0.3) is 0 Å². The minimum absolute atomic E-state index is 0.0647. The van der Waals surface area contributed by atoms with E-state index >= 15 is 0 Å². The summed E-state index contributed by atoms with van der Waals surface area (Å²) in [7, 11) is -9.99. The van der Waals surface area contributed by atoms with Gasteiger partial charge in [0.15, 0.2) is 12.2 Å². The Labute approximate surface area is 630 Å². The molecule has 0 aromatic rings. The second-order valence-corrected chi connectivity index (χ2v) is 29.1. The molecule has 0 saturated carbocycles. The van der Waals surface area contributed by atoms with Crippen LogP contribution in [0.1, 0.15) is 310 Å². The third kappa shape index (κ3) is 75.2. The van der Waals surface area contributed by atoms with Crippen molar-refractivity contribution in [2.24, 2.45) is 0 Å². The summed E-state index contributed by atoms with van der Waals surface area (Å²) in [5, 5.41) is 10.6. The highest BCUT2D eigenvalue weighted by Gasteiger charge is 2.30. The smallest absolute Gasteiger partial charge is 0.462 e. The zero-order chi connectivity index (χ0) is 76.0. The van der Waals surface area contributed by atoms with Gasteiger partial charge in [0, 0.05) is 25.7 Å². The molecule has 104 heavy (non-hydrogen) atoms. The number of carbonyl (C=O) groups excluding carboxylic acids is 4. The highest BCUT2D eigenvalue weighted by molar-refractivity contribution is 7.47. The SMILES string of the molecule is CC/C=C\C/C=C\C/C=C\C/C=C\C/C=C\CCCC(=O)OCC(COP(=O)(O)OCC(O)COP(=O)(O)OCC(COC(=O)CCCCCC/C=C\C/C=C\C/C=C\C/C=C\CC)OC(=O)CCCCCCC/C=C\C/C=C\C/C=C\CC)OC(=O)CCCCCCCCCCCCCCCCC. The molecule has 5 atom stereocenters. The van der Waals surface area contributed by atoms with Crippen molar-refractivity contribution >= 4 is 39.5 Å². The molecule has 0 aromatic carbocycles. The van der Waals surface area contributed by atoms with Gasteiger partial charge in [0.2, 0.25) is 0 Å². The van der Waals surface area contributed by atoms with Gasteiger partial charge in [0.1, 0.15) is 19.3 Å². The first kappa shape index (κ1) is 98.9. The molecule has 0 bridgehead atoms. The topological polar surface area (TPSA) is 237 Å². The van der Waals surface area contributed by atoms with Crippen LogP contribution in [0, 0.1) is 0 Å². The number of phosphoric acid groups is 2. The molecule has 5 unspecified atom stereocenters. The monoisotopic (exact) mass is 1500 g/mol. The molecule has 3 N–H and O–H groups in total. The Kier molecular flexibility index (Phi) is 72.4. The number of rotatable bonds is 74. The molecule has 0 saturated heterocycles. The van der Waals surface area contributed by atoms with Gasteiger partial charge in [-0.25, -0.2) is 9.13 Å². The maximum absolute atomic E-state index is 13.1. The van der Waals surface area contributed by atoms with Gasteiger partial charge in [-0.2, -0.15) is 0 Å². The predicted molar refractivity (Wildman–Crippen MR) is 427 cm³/mol. The highest BCUT2D eigenvalue weighted by Crippen LogP contribution is 2.45. The van der Waals surface area contributed by atoms with Gasteiger partial charge in [-0.1, -0.05) is 296 Å². The molecule has 0 radical (unpaired) electrons. The number of aliphatic hydroxyl groups excluding tert-OH is 1. The Hall–Kier alpha value is -5.06. The summed E-state index contributed by atoms with van der Waals surface area (Å²) >= 11 is 0. The van der Waals surface area contributed by atoms with E-state index in [1.165, 1.54) is 64.2 Å². The predicted octanol–water partition coefficient (Wildman–Crippen LogP) is 23.4. The fourth-order valence-electron chi connectivity index (χ4n) is 10.3. The fraction of sp³-hybridized carbons (Fsp3) is 0.671. The van der Waals surface area contributed by atoms with Crippen molar-refractivity contribution in [1.82, 2.24) is 0 Å². The van der Waals surface area contributed by atoms with Crippen LogP contribution in [-0.2, 0) is 65.4 Å². The minimum atomic E-state index is -5.00. The van der Waals surface area contributed by atoms with Crippen LogP contribution >= 0.6 is 15.6 Å². The summed E-state index contributed by atoms with van der Waals surface area (Å²) in [4.78, 5) is 73.0. The molecule has 0 aromatic heterocycles. The standard InChI is InChI=1S/C85H142O17P2/c1-5-9-13-17-21-25-29-33-37-39-43-45-49-53-57-61-65-69-82(87)95-75-80(101-84(89)71-67-63-59-55-51-47-41-35-31-27-23-19-15-11-7-3)77-99-103(91,92)97-73-79(86)74-98-104(93,94)100-78-81(102-85(90)72-68-64-60-56-52-48-42-36-32-28-24-20-16-12-8-4)76-96-83(88)70-66-62-58-54-50-46-44-40-38-34-30-26-22-18-14-10-6-2/h9-11,13-15,21-23,25-27,33-35,37-38,41,43-46,54,58,79-81,86H,5-8,12,16-20,24,28-32,36,39-40,42,47-53,55-57,59-78H2,1-4H3,(H,91,92)(H,93,94)/b13-9-,14-10-,15-11-,25-21-,26-22-,27-23-,37-33-,38-34-,41-35-,45-43-,46-44-,58-54-. The summed E-state index contributed by atoms with van der Waals surface area (Å²) in [6.45, 7) is 4.44. The van der Waals surface area contributed by atoms with E-state index in [4.69, 9.17) is 37.0 Å². The van der Waals surface area contributed by atoms with Crippen molar-refractivity contribution in [2.75, 3.05) is 39.6 Å². The fourth-order valence-corrected chi connectivity index (χ4v) is 11.9. The molecule has 0 rings (SSSR count). The second kappa shape index (κ2) is 76.1. The van der Waals surface area contributed by atoms with Crippen molar-refractivity contribution in [3.05, 3.63) is 146 Å². The zero-order valence-corrected chi connectivity index (χ0v) is 66.7. The molecule has 0 fully saturated rings. The molecular formula is C85H142O17P2. The molecule has 0 spiro atoms. The molecule has 594 valence electrons. The van der Waals surface area contributed by atoms with Crippen LogP contribution in [0.4, 0.5) is 0 Å². The van der Waals surface area contributed by atoms with Crippen molar-refractivity contribution < 1.29 is 80.2 Å². The van der Waals surface area contributed by atoms with E-state index in [-0.39, 0.29) is 25.7 Å². The molecule has 0 amide bonds. The number of allylic oxidation sites excluding steroid dienone is 24. The number of phosphoric ester groups is 2. The quantitative estimate of drug-likeness (QED) is 0.0169. The van der Waals surface area contributed by atoms with Crippen LogP contribution in [0.5, 0.6) is 0 Å². The average molecular weight is 1500 g/mol. The number of hydrogen-bond acceptors (Lipinski definition) is 15. The lowest BCUT2D eigenvalue weighted by atomic mass is 10.0. The van der Waals surface area contributed by atoms with E-state index in [9.17, 15) is 43.2 Å².